The lowest BCUT2D eigenvalue weighted by molar-refractivity contribution is 0.0983. The molecule has 192 valence electrons. The van der Waals surface area contributed by atoms with E-state index in [4.69, 9.17) is 21.3 Å². The number of methoxy groups -OCH3 is 1. The molecular weight excluding hydrogens is 529 g/mol. The number of ether oxygens (including phenoxy) is 1. The number of carbonyl (C=O) groups is 1. The minimum Gasteiger partial charge on any atom is -0.494 e. The molecule has 0 fully saturated rings. The Kier molecular flexibility index (Phi) is 10.4. The zero-order valence-corrected chi connectivity index (χ0v) is 23.7. The first-order chi connectivity index (χ1) is 16.1. The number of hydrogen-bond acceptors (Lipinski definition) is 7. The third kappa shape index (κ3) is 6.27. The van der Waals surface area contributed by atoms with Crippen molar-refractivity contribution in [3.8, 4) is 5.75 Å². The molecule has 0 N–H and O–H groups in total. The Hall–Kier alpha value is -1.91. The van der Waals surface area contributed by atoms with Crippen LogP contribution in [-0.2, 0) is 9.84 Å². The number of carbonyl (C=O) groups excluding carboxylic acids is 1. The number of amides is 1. The smallest absolute Gasteiger partial charge is 0.260 e. The van der Waals surface area contributed by atoms with Crippen molar-refractivity contribution in [1.29, 1.82) is 0 Å². The van der Waals surface area contributed by atoms with E-state index >= 15 is 0 Å². The number of hydrogen-bond donors (Lipinski definition) is 0. The highest BCUT2D eigenvalue weighted by Gasteiger charge is 2.25. The molecule has 35 heavy (non-hydrogen) atoms. The van der Waals surface area contributed by atoms with E-state index in [9.17, 15) is 13.2 Å². The number of fused-ring (bicyclic) bond motifs is 1. The summed E-state index contributed by atoms with van der Waals surface area (Å²) >= 11 is 7.74. The minimum atomic E-state index is -3.42. The van der Waals surface area contributed by atoms with Gasteiger partial charge >= 0.3 is 0 Å². The molecule has 1 heterocycles. The average Bonchev–Trinajstić information content (AvgIpc) is 3.28. The van der Waals surface area contributed by atoms with Gasteiger partial charge in [0.05, 0.1) is 27.0 Å². The molecule has 1 amide bonds. The number of rotatable bonds is 10. The second-order valence-electron chi connectivity index (χ2n) is 8.03. The summed E-state index contributed by atoms with van der Waals surface area (Å²) in [6, 6.07) is 9.60. The van der Waals surface area contributed by atoms with Crippen molar-refractivity contribution in [2.24, 2.45) is 0 Å². The van der Waals surface area contributed by atoms with Crippen LogP contribution in [0.5, 0.6) is 5.75 Å². The largest absolute Gasteiger partial charge is 0.494 e. The fourth-order valence-corrected chi connectivity index (χ4v) is 5.84. The molecule has 0 saturated heterocycles. The van der Waals surface area contributed by atoms with E-state index in [2.05, 4.69) is 18.7 Å². The molecule has 0 aliphatic rings. The van der Waals surface area contributed by atoms with Crippen molar-refractivity contribution >= 4 is 66.4 Å². The Morgan fingerprint density at radius 2 is 1.71 bits per heavy atom. The first-order valence-electron chi connectivity index (χ1n) is 11.1. The van der Waals surface area contributed by atoms with Crippen LogP contribution in [0.15, 0.2) is 41.3 Å². The lowest BCUT2D eigenvalue weighted by Gasteiger charge is -2.24. The topological polar surface area (TPSA) is 79.8 Å². The number of halogens is 2. The van der Waals surface area contributed by atoms with Crippen molar-refractivity contribution < 1.29 is 17.9 Å². The molecule has 0 spiro atoms. The quantitative estimate of drug-likeness (QED) is 0.324. The van der Waals surface area contributed by atoms with Gasteiger partial charge in [-0.05, 0) is 63.3 Å². The maximum atomic E-state index is 13.6. The van der Waals surface area contributed by atoms with Gasteiger partial charge in [0.15, 0.2) is 15.0 Å². The number of benzene rings is 2. The highest BCUT2D eigenvalue weighted by Crippen LogP contribution is 2.39. The number of likely N-dealkylation sites (N-methyl/N-ethyl adjacent to an activating group) is 1. The molecule has 0 bridgehead atoms. The molecule has 0 saturated carbocycles. The van der Waals surface area contributed by atoms with Gasteiger partial charge in [0.1, 0.15) is 11.3 Å². The van der Waals surface area contributed by atoms with Crippen molar-refractivity contribution in [1.82, 2.24) is 9.88 Å². The van der Waals surface area contributed by atoms with E-state index in [1.165, 1.54) is 23.5 Å². The van der Waals surface area contributed by atoms with E-state index in [0.29, 0.717) is 40.1 Å². The van der Waals surface area contributed by atoms with Gasteiger partial charge in [-0.25, -0.2) is 13.4 Å². The van der Waals surface area contributed by atoms with Crippen LogP contribution < -0.4 is 9.64 Å². The number of nitrogens with zero attached hydrogens (tertiary/aromatic N) is 3. The number of sulfone groups is 1. The fourth-order valence-electron chi connectivity index (χ4n) is 3.50. The number of aromatic nitrogens is 1. The number of thiazole rings is 1. The van der Waals surface area contributed by atoms with E-state index < -0.39 is 15.1 Å². The van der Waals surface area contributed by atoms with Gasteiger partial charge in [-0.15, -0.1) is 12.4 Å². The lowest BCUT2D eigenvalue weighted by atomic mass is 10.2. The van der Waals surface area contributed by atoms with Gasteiger partial charge in [-0.3, -0.25) is 9.69 Å². The SMILES string of the molecule is CCN(CC)CCN(C(=O)c1ccc(S(=O)(=O)C(C)C)cc1)c1nc2c(OC)ccc(Cl)c2s1.Cl. The van der Waals surface area contributed by atoms with Gasteiger partial charge in [0, 0.05) is 18.7 Å². The minimum absolute atomic E-state index is 0. The molecule has 0 aliphatic carbocycles. The zero-order valence-electron chi connectivity index (χ0n) is 20.4. The zero-order chi connectivity index (χ0) is 25.0. The summed E-state index contributed by atoms with van der Waals surface area (Å²) < 4.78 is 31.1. The summed E-state index contributed by atoms with van der Waals surface area (Å²) in [4.78, 5) is 22.4. The van der Waals surface area contributed by atoms with Gasteiger partial charge in [-0.1, -0.05) is 36.8 Å². The van der Waals surface area contributed by atoms with Crippen molar-refractivity contribution in [3.05, 3.63) is 47.0 Å². The molecular formula is C24H31Cl2N3O4S2. The highest BCUT2D eigenvalue weighted by atomic mass is 35.5. The van der Waals surface area contributed by atoms with Crippen LogP contribution in [0, 0.1) is 0 Å². The van der Waals surface area contributed by atoms with Gasteiger partial charge in [0.25, 0.3) is 5.91 Å². The van der Waals surface area contributed by atoms with Crippen LogP contribution in [0.3, 0.4) is 0 Å². The summed E-state index contributed by atoms with van der Waals surface area (Å²) in [7, 11) is -1.85. The van der Waals surface area contributed by atoms with Gasteiger partial charge in [0.2, 0.25) is 0 Å². The predicted molar refractivity (Wildman–Crippen MR) is 147 cm³/mol. The van der Waals surface area contributed by atoms with Crippen molar-refractivity contribution in [3.63, 3.8) is 0 Å². The average molecular weight is 561 g/mol. The molecule has 0 atom stereocenters. The standard InChI is InChI=1S/C24H30ClN3O4S2.ClH/c1-6-27(7-2)14-15-28(24-26-21-20(32-5)13-12-19(25)22(21)33-24)23(29)17-8-10-18(11-9-17)34(30,31)16(3)4;/h8-13,16H,6-7,14-15H2,1-5H3;1H. The van der Waals surface area contributed by atoms with Crippen LogP contribution in [0.2, 0.25) is 5.02 Å². The Morgan fingerprint density at radius 3 is 2.26 bits per heavy atom. The van der Waals surface area contributed by atoms with E-state index in [1.54, 1.807) is 50.1 Å². The van der Waals surface area contributed by atoms with E-state index in [-0.39, 0.29) is 23.2 Å². The first kappa shape index (κ1) is 29.3. The molecule has 1 aromatic heterocycles. The molecule has 11 heteroatoms. The summed E-state index contributed by atoms with van der Waals surface area (Å²) in [6.07, 6.45) is 0. The predicted octanol–water partition coefficient (Wildman–Crippen LogP) is 5.55. The molecule has 0 radical (unpaired) electrons. The second-order valence-corrected chi connectivity index (χ2v) is 11.9. The third-order valence-corrected chi connectivity index (χ3v) is 9.44. The van der Waals surface area contributed by atoms with Crippen LogP contribution in [0.4, 0.5) is 5.13 Å². The summed E-state index contributed by atoms with van der Waals surface area (Å²) in [5, 5.41) is 0.512. The van der Waals surface area contributed by atoms with Crippen LogP contribution >= 0.6 is 35.3 Å². The maximum absolute atomic E-state index is 13.6. The van der Waals surface area contributed by atoms with E-state index in [1.807, 2.05) is 0 Å². The maximum Gasteiger partial charge on any atom is 0.260 e. The molecule has 0 unspecified atom stereocenters. The number of anilines is 1. The Morgan fingerprint density at radius 1 is 1.09 bits per heavy atom. The van der Waals surface area contributed by atoms with E-state index in [0.717, 1.165) is 17.8 Å². The second kappa shape index (κ2) is 12.4. The summed E-state index contributed by atoms with van der Waals surface area (Å²) in [5.74, 6) is 0.330. The fraction of sp³-hybridized carbons (Fsp3) is 0.417. The van der Waals surface area contributed by atoms with Crippen LogP contribution in [0.1, 0.15) is 38.1 Å². The Bertz CT molecular complexity index is 1260. The molecule has 0 aliphatic heterocycles. The Balaban J connectivity index is 0.00000432. The van der Waals surface area contributed by atoms with Gasteiger partial charge < -0.3 is 9.64 Å². The normalized spacial score (nSPS) is 11.7. The summed E-state index contributed by atoms with van der Waals surface area (Å²) in [5.41, 5.74) is 0.994. The Labute approximate surface area is 222 Å². The summed E-state index contributed by atoms with van der Waals surface area (Å²) in [6.45, 7) is 10.2. The van der Waals surface area contributed by atoms with Crippen molar-refractivity contribution in [2.45, 2.75) is 37.8 Å². The molecule has 7 nitrogen and oxygen atoms in total. The monoisotopic (exact) mass is 559 g/mol. The first-order valence-corrected chi connectivity index (χ1v) is 13.9. The molecule has 2 aromatic carbocycles. The van der Waals surface area contributed by atoms with Crippen LogP contribution in [0.25, 0.3) is 10.2 Å². The van der Waals surface area contributed by atoms with Crippen molar-refractivity contribution in [2.75, 3.05) is 38.2 Å². The molecule has 3 aromatic rings. The molecule has 3 rings (SSSR count). The highest BCUT2D eigenvalue weighted by molar-refractivity contribution is 7.92. The van der Waals surface area contributed by atoms with Gasteiger partial charge in [-0.2, -0.15) is 0 Å². The van der Waals surface area contributed by atoms with Crippen LogP contribution in [-0.4, -0.2) is 62.7 Å². The lowest BCUT2D eigenvalue weighted by Crippen LogP contribution is -2.38. The third-order valence-electron chi connectivity index (χ3n) is 5.73.